The topological polar surface area (TPSA) is 104 Å². The van der Waals surface area contributed by atoms with Gasteiger partial charge in [-0.25, -0.2) is 24.2 Å². The third kappa shape index (κ3) is 2.75. The molecule has 3 N–H and O–H groups in total. The van der Waals surface area contributed by atoms with E-state index in [0.717, 1.165) is 0 Å². The molecular weight excluding hydrogens is 280 g/mol. The predicted octanol–water partition coefficient (Wildman–Crippen LogP) is -0.525. The van der Waals surface area contributed by atoms with Gasteiger partial charge in [0.25, 0.3) is 0 Å². The summed E-state index contributed by atoms with van der Waals surface area (Å²) in [5.41, 5.74) is 2.27. The number of hydrazine groups is 1. The molecule has 112 valence electrons. The van der Waals surface area contributed by atoms with Gasteiger partial charge in [-0.05, 0) is 20.9 Å². The van der Waals surface area contributed by atoms with Crippen molar-refractivity contribution in [1.29, 1.82) is 0 Å². The Morgan fingerprint density at radius 1 is 1.25 bits per heavy atom. The molecule has 0 radical (unpaired) electrons. The van der Waals surface area contributed by atoms with E-state index in [-0.39, 0.29) is 22.9 Å². The Morgan fingerprint density at radius 3 is 2.20 bits per heavy atom. The lowest BCUT2D eigenvalue weighted by Crippen LogP contribution is -2.56. The number of nitrogens with zero attached hydrogens (tertiary/aromatic N) is 4. The van der Waals surface area contributed by atoms with E-state index in [4.69, 9.17) is 5.84 Å². The molecule has 0 amide bonds. The smallest absolute Gasteiger partial charge is 0.246 e. The molecule has 0 bridgehead atoms. The number of nitrogen functional groups attached to an aromatic ring is 1. The van der Waals surface area contributed by atoms with Crippen molar-refractivity contribution in [3.8, 4) is 0 Å². The minimum atomic E-state index is -3.56. The first-order chi connectivity index (χ1) is 9.36. The zero-order chi connectivity index (χ0) is 14.9. The van der Waals surface area contributed by atoms with Gasteiger partial charge in [0.1, 0.15) is 4.90 Å². The molecule has 1 aliphatic heterocycles. The number of nitrogens with two attached hydrogens (primary N) is 1. The van der Waals surface area contributed by atoms with Gasteiger partial charge in [-0.1, -0.05) is 0 Å². The Balaban J connectivity index is 2.25. The molecule has 0 saturated carbocycles. The predicted molar refractivity (Wildman–Crippen MR) is 75.3 cm³/mol. The number of rotatable bonds is 3. The molecule has 1 aliphatic rings. The summed E-state index contributed by atoms with van der Waals surface area (Å²) in [6.45, 7) is 4.94. The van der Waals surface area contributed by atoms with Crippen molar-refractivity contribution in [2.45, 2.75) is 30.8 Å². The maximum absolute atomic E-state index is 12.6. The molecular formula is C11H20N6O2S. The second-order valence-corrected chi connectivity index (χ2v) is 7.01. The van der Waals surface area contributed by atoms with Crippen molar-refractivity contribution in [3.63, 3.8) is 0 Å². The number of likely N-dealkylation sites (N-methyl/N-ethyl adjacent to an activating group) is 1. The summed E-state index contributed by atoms with van der Waals surface area (Å²) in [6, 6.07) is 0.332. The summed E-state index contributed by atoms with van der Waals surface area (Å²) >= 11 is 0. The number of hydrogen-bond donors (Lipinski definition) is 2. The van der Waals surface area contributed by atoms with Crippen LogP contribution in [0.1, 0.15) is 13.8 Å². The van der Waals surface area contributed by atoms with E-state index in [1.807, 2.05) is 20.9 Å². The average Bonchev–Trinajstić information content (AvgIpc) is 2.44. The third-order valence-corrected chi connectivity index (χ3v) is 5.51. The van der Waals surface area contributed by atoms with Crippen LogP contribution in [-0.2, 0) is 10.0 Å². The van der Waals surface area contributed by atoms with Gasteiger partial charge in [0, 0.05) is 25.2 Å². The molecule has 0 aliphatic carbocycles. The van der Waals surface area contributed by atoms with Crippen molar-refractivity contribution in [3.05, 3.63) is 12.4 Å². The summed E-state index contributed by atoms with van der Waals surface area (Å²) in [5, 5.41) is 0. The molecule has 20 heavy (non-hydrogen) atoms. The highest BCUT2D eigenvalue weighted by atomic mass is 32.2. The van der Waals surface area contributed by atoms with E-state index in [1.54, 1.807) is 0 Å². The normalized spacial score (nSPS) is 25.6. The van der Waals surface area contributed by atoms with Gasteiger partial charge >= 0.3 is 0 Å². The summed E-state index contributed by atoms with van der Waals surface area (Å²) in [7, 11) is -1.56. The molecule has 1 aromatic rings. The molecule has 2 unspecified atom stereocenters. The largest absolute Gasteiger partial charge is 0.298 e. The van der Waals surface area contributed by atoms with Gasteiger partial charge in [0.05, 0.1) is 12.4 Å². The molecule has 2 heterocycles. The SMILES string of the molecule is CC1CN(S(=O)(=O)c2cnc(NN)nc2)CC(C)N1C. The van der Waals surface area contributed by atoms with Crippen LogP contribution in [0.5, 0.6) is 0 Å². The van der Waals surface area contributed by atoms with Crippen LogP contribution in [0.25, 0.3) is 0 Å². The van der Waals surface area contributed by atoms with Gasteiger partial charge < -0.3 is 0 Å². The Kier molecular flexibility index (Phi) is 4.23. The van der Waals surface area contributed by atoms with E-state index < -0.39 is 10.0 Å². The Hall–Kier alpha value is -1.29. The second kappa shape index (κ2) is 5.60. The highest BCUT2D eigenvalue weighted by molar-refractivity contribution is 7.89. The summed E-state index contributed by atoms with van der Waals surface area (Å²) in [5.74, 6) is 5.35. The molecule has 0 aromatic carbocycles. The fraction of sp³-hybridized carbons (Fsp3) is 0.636. The van der Waals surface area contributed by atoms with E-state index in [0.29, 0.717) is 13.1 Å². The lowest BCUT2D eigenvalue weighted by molar-refractivity contribution is 0.105. The fourth-order valence-corrected chi connectivity index (χ4v) is 3.72. The van der Waals surface area contributed by atoms with Crippen LogP contribution in [-0.4, -0.2) is 59.8 Å². The van der Waals surface area contributed by atoms with Gasteiger partial charge in [-0.15, -0.1) is 0 Å². The zero-order valence-corrected chi connectivity index (χ0v) is 12.6. The molecule has 9 heteroatoms. The van der Waals surface area contributed by atoms with E-state index in [2.05, 4.69) is 20.3 Å². The number of piperazine rings is 1. The van der Waals surface area contributed by atoms with E-state index in [9.17, 15) is 8.42 Å². The zero-order valence-electron chi connectivity index (χ0n) is 11.8. The van der Waals surface area contributed by atoms with Crippen molar-refractivity contribution in [2.24, 2.45) is 5.84 Å². The van der Waals surface area contributed by atoms with Crippen molar-refractivity contribution in [1.82, 2.24) is 19.2 Å². The quantitative estimate of drug-likeness (QED) is 0.571. The fourth-order valence-electron chi connectivity index (χ4n) is 2.23. The minimum absolute atomic E-state index is 0.0838. The Bertz CT molecular complexity index is 549. The standard InChI is InChI=1S/C11H20N6O2S/c1-8-6-17(7-9(2)16(8)3)20(18,19)10-4-13-11(15-12)14-5-10/h4-5,8-9H,6-7,12H2,1-3H3,(H,13,14,15). The molecule has 1 saturated heterocycles. The molecule has 8 nitrogen and oxygen atoms in total. The first kappa shape index (κ1) is 15.1. The summed E-state index contributed by atoms with van der Waals surface area (Å²) in [6.07, 6.45) is 2.54. The van der Waals surface area contributed by atoms with Crippen molar-refractivity contribution < 1.29 is 8.42 Å². The lowest BCUT2D eigenvalue weighted by atomic mass is 10.1. The third-order valence-electron chi connectivity index (χ3n) is 3.72. The monoisotopic (exact) mass is 300 g/mol. The number of nitrogens with one attached hydrogen (secondary N) is 1. The Morgan fingerprint density at radius 2 is 1.75 bits per heavy atom. The van der Waals surface area contributed by atoms with Crippen LogP contribution in [0, 0.1) is 0 Å². The van der Waals surface area contributed by atoms with Crippen LogP contribution >= 0.6 is 0 Å². The van der Waals surface area contributed by atoms with E-state index in [1.165, 1.54) is 16.7 Å². The van der Waals surface area contributed by atoms with Crippen LogP contribution in [0.4, 0.5) is 5.95 Å². The second-order valence-electron chi connectivity index (χ2n) is 5.07. The van der Waals surface area contributed by atoms with Crippen LogP contribution in [0.2, 0.25) is 0 Å². The lowest BCUT2D eigenvalue weighted by Gasteiger charge is -2.41. The highest BCUT2D eigenvalue weighted by Gasteiger charge is 2.34. The molecule has 1 fully saturated rings. The first-order valence-electron chi connectivity index (χ1n) is 6.37. The minimum Gasteiger partial charge on any atom is -0.298 e. The van der Waals surface area contributed by atoms with Gasteiger partial charge in [0.2, 0.25) is 16.0 Å². The van der Waals surface area contributed by atoms with Crippen LogP contribution in [0.15, 0.2) is 17.3 Å². The van der Waals surface area contributed by atoms with E-state index >= 15 is 0 Å². The number of sulfonamides is 1. The van der Waals surface area contributed by atoms with Gasteiger partial charge in [-0.3, -0.25) is 10.3 Å². The maximum Gasteiger partial charge on any atom is 0.246 e. The van der Waals surface area contributed by atoms with Crippen molar-refractivity contribution >= 4 is 16.0 Å². The van der Waals surface area contributed by atoms with Crippen LogP contribution < -0.4 is 11.3 Å². The summed E-state index contributed by atoms with van der Waals surface area (Å²) in [4.78, 5) is 9.95. The molecule has 2 atom stereocenters. The molecule has 0 spiro atoms. The molecule has 2 rings (SSSR count). The Labute approximate surface area is 119 Å². The average molecular weight is 300 g/mol. The maximum atomic E-state index is 12.6. The van der Waals surface area contributed by atoms with Gasteiger partial charge in [0.15, 0.2) is 0 Å². The highest BCUT2D eigenvalue weighted by Crippen LogP contribution is 2.21. The van der Waals surface area contributed by atoms with Gasteiger partial charge in [-0.2, -0.15) is 4.31 Å². The van der Waals surface area contributed by atoms with Crippen molar-refractivity contribution in [2.75, 3.05) is 25.6 Å². The molecule has 1 aromatic heterocycles. The number of aromatic nitrogens is 2. The number of hydrogen-bond acceptors (Lipinski definition) is 7. The summed E-state index contributed by atoms with van der Waals surface area (Å²) < 4.78 is 26.6. The van der Waals surface area contributed by atoms with Crippen LogP contribution in [0.3, 0.4) is 0 Å². The number of anilines is 1. The first-order valence-corrected chi connectivity index (χ1v) is 7.81.